The molecule has 21 heavy (non-hydrogen) atoms. The van der Waals surface area contributed by atoms with Gasteiger partial charge in [-0.3, -0.25) is 4.90 Å². The molecule has 0 N–H and O–H groups in total. The summed E-state index contributed by atoms with van der Waals surface area (Å²) in [6.45, 7) is 2.75. The maximum atomic E-state index is 13.4. The minimum absolute atomic E-state index is 0.156. The Labute approximate surface area is 123 Å². The van der Waals surface area contributed by atoms with Crippen LogP contribution in [-0.2, 0) is 13.0 Å². The Morgan fingerprint density at radius 3 is 3.10 bits per heavy atom. The van der Waals surface area contributed by atoms with E-state index in [4.69, 9.17) is 0 Å². The van der Waals surface area contributed by atoms with E-state index in [0.29, 0.717) is 12.1 Å². The van der Waals surface area contributed by atoms with Crippen molar-refractivity contribution in [2.45, 2.75) is 44.8 Å². The Bertz CT molecular complexity index is 685. The molecule has 1 aromatic carbocycles. The van der Waals surface area contributed by atoms with Gasteiger partial charge in [-0.1, -0.05) is 12.1 Å². The second-order valence-electron chi connectivity index (χ2n) is 6.07. The van der Waals surface area contributed by atoms with Crippen molar-refractivity contribution in [1.82, 2.24) is 14.9 Å². The number of nitrogens with zero attached hydrogens (tertiary/aromatic N) is 3. The van der Waals surface area contributed by atoms with Gasteiger partial charge in [-0.15, -0.1) is 0 Å². The molecule has 1 saturated heterocycles. The van der Waals surface area contributed by atoms with Crippen LogP contribution in [0.15, 0.2) is 30.5 Å². The average molecular weight is 283 g/mol. The molecule has 1 aromatic heterocycles. The number of aryl methyl sites for hydroxylation is 1. The van der Waals surface area contributed by atoms with Gasteiger partial charge in [-0.2, -0.15) is 0 Å². The third kappa shape index (κ3) is 2.23. The predicted molar refractivity (Wildman–Crippen MR) is 78.2 cm³/mol. The fraction of sp³-hybridized carbons (Fsp3) is 0.412. The van der Waals surface area contributed by atoms with E-state index < -0.39 is 0 Å². The Balaban J connectivity index is 1.65. The summed E-state index contributed by atoms with van der Waals surface area (Å²) in [5.41, 5.74) is 3.53. The minimum atomic E-state index is -0.156. The average Bonchev–Trinajstić information content (AvgIpc) is 2.73. The lowest BCUT2D eigenvalue weighted by atomic mass is 9.98. The highest BCUT2D eigenvalue weighted by Crippen LogP contribution is 2.43. The van der Waals surface area contributed by atoms with Gasteiger partial charge in [0, 0.05) is 36.8 Å². The van der Waals surface area contributed by atoms with Gasteiger partial charge in [0.15, 0.2) is 0 Å². The monoisotopic (exact) mass is 283 g/mol. The maximum absolute atomic E-state index is 13.4. The summed E-state index contributed by atoms with van der Waals surface area (Å²) < 4.78 is 13.4. The first-order chi connectivity index (χ1) is 10.2. The van der Waals surface area contributed by atoms with Crippen LogP contribution >= 0.6 is 0 Å². The molecule has 108 valence electrons. The van der Waals surface area contributed by atoms with Crippen molar-refractivity contribution in [3.05, 3.63) is 58.9 Å². The van der Waals surface area contributed by atoms with Crippen molar-refractivity contribution in [2.75, 3.05) is 0 Å². The summed E-state index contributed by atoms with van der Waals surface area (Å²) >= 11 is 0. The first-order valence-corrected chi connectivity index (χ1v) is 7.53. The zero-order chi connectivity index (χ0) is 14.4. The SMILES string of the molecule is Cc1ncc2c(n1)C[C@H]1CC[C@H]2N1Cc1cccc(F)c1. The summed E-state index contributed by atoms with van der Waals surface area (Å²) in [6.07, 6.45) is 5.32. The molecule has 2 aromatic rings. The summed E-state index contributed by atoms with van der Waals surface area (Å²) in [5, 5.41) is 0. The van der Waals surface area contributed by atoms with Crippen LogP contribution in [0.4, 0.5) is 4.39 Å². The maximum Gasteiger partial charge on any atom is 0.125 e. The Hall–Kier alpha value is -1.81. The van der Waals surface area contributed by atoms with E-state index in [1.54, 1.807) is 12.1 Å². The molecule has 0 aliphatic carbocycles. The molecule has 4 rings (SSSR count). The Kier molecular flexibility index (Phi) is 3.00. The lowest BCUT2D eigenvalue weighted by molar-refractivity contribution is 0.166. The third-order valence-electron chi connectivity index (χ3n) is 4.71. The fourth-order valence-corrected chi connectivity index (χ4v) is 3.77. The summed E-state index contributed by atoms with van der Waals surface area (Å²) in [6, 6.07) is 7.85. The zero-order valence-corrected chi connectivity index (χ0v) is 12.1. The molecule has 2 bridgehead atoms. The number of hydrogen-bond acceptors (Lipinski definition) is 3. The molecule has 2 aliphatic heterocycles. The molecular formula is C17H18FN3. The van der Waals surface area contributed by atoms with E-state index in [2.05, 4.69) is 14.9 Å². The number of rotatable bonds is 2. The fourth-order valence-electron chi connectivity index (χ4n) is 3.77. The van der Waals surface area contributed by atoms with Crippen LogP contribution in [0.1, 0.15) is 41.5 Å². The summed E-state index contributed by atoms with van der Waals surface area (Å²) in [7, 11) is 0. The number of hydrogen-bond donors (Lipinski definition) is 0. The van der Waals surface area contributed by atoms with Crippen LogP contribution in [0, 0.1) is 12.7 Å². The lowest BCUT2D eigenvalue weighted by Crippen LogP contribution is -2.37. The molecule has 0 radical (unpaired) electrons. The molecule has 2 aliphatic rings. The van der Waals surface area contributed by atoms with Crippen LogP contribution in [0.5, 0.6) is 0 Å². The van der Waals surface area contributed by atoms with E-state index in [0.717, 1.165) is 30.8 Å². The molecule has 3 nitrogen and oxygen atoms in total. The molecule has 0 saturated carbocycles. The van der Waals surface area contributed by atoms with Crippen LogP contribution < -0.4 is 0 Å². The van der Waals surface area contributed by atoms with Gasteiger partial charge in [0.05, 0.1) is 5.69 Å². The van der Waals surface area contributed by atoms with Crippen molar-refractivity contribution in [1.29, 1.82) is 0 Å². The van der Waals surface area contributed by atoms with Gasteiger partial charge in [0.25, 0.3) is 0 Å². The van der Waals surface area contributed by atoms with Crippen molar-refractivity contribution >= 4 is 0 Å². The van der Waals surface area contributed by atoms with E-state index in [9.17, 15) is 4.39 Å². The number of aromatic nitrogens is 2. The molecule has 0 unspecified atom stereocenters. The molecule has 4 heteroatoms. The van der Waals surface area contributed by atoms with Crippen LogP contribution in [0.2, 0.25) is 0 Å². The number of fused-ring (bicyclic) bond motifs is 4. The van der Waals surface area contributed by atoms with Gasteiger partial charge in [-0.05, 0) is 37.5 Å². The van der Waals surface area contributed by atoms with Crippen molar-refractivity contribution < 1.29 is 4.39 Å². The van der Waals surface area contributed by atoms with E-state index >= 15 is 0 Å². The van der Waals surface area contributed by atoms with Crippen molar-refractivity contribution in [2.24, 2.45) is 0 Å². The summed E-state index contributed by atoms with van der Waals surface area (Å²) in [4.78, 5) is 11.5. The Morgan fingerprint density at radius 2 is 2.24 bits per heavy atom. The molecule has 1 fully saturated rings. The van der Waals surface area contributed by atoms with Gasteiger partial charge < -0.3 is 0 Å². The molecular weight excluding hydrogens is 265 g/mol. The van der Waals surface area contributed by atoms with Crippen molar-refractivity contribution in [3.63, 3.8) is 0 Å². The third-order valence-corrected chi connectivity index (χ3v) is 4.71. The topological polar surface area (TPSA) is 29.0 Å². The van der Waals surface area contributed by atoms with E-state index in [-0.39, 0.29) is 5.82 Å². The second-order valence-corrected chi connectivity index (χ2v) is 6.07. The predicted octanol–water partition coefficient (Wildman–Crippen LogP) is 3.19. The largest absolute Gasteiger partial charge is 0.289 e. The van der Waals surface area contributed by atoms with Gasteiger partial charge in [0.2, 0.25) is 0 Å². The molecule has 2 atom stereocenters. The standard InChI is InChI=1S/C17H18FN3/c1-11-19-9-15-16(20-11)8-14-5-6-17(15)21(14)10-12-3-2-4-13(18)7-12/h2-4,7,9,14,17H,5-6,8,10H2,1H3/t14-,17-/m1/s1. The van der Waals surface area contributed by atoms with Crippen LogP contribution in [0.25, 0.3) is 0 Å². The second kappa shape index (κ2) is 4.88. The molecule has 0 spiro atoms. The van der Waals surface area contributed by atoms with Crippen LogP contribution in [0.3, 0.4) is 0 Å². The van der Waals surface area contributed by atoms with E-state index in [1.807, 2.05) is 19.2 Å². The quantitative estimate of drug-likeness (QED) is 0.847. The van der Waals surface area contributed by atoms with Gasteiger partial charge >= 0.3 is 0 Å². The lowest BCUT2D eigenvalue weighted by Gasteiger charge is -2.35. The number of halogens is 1. The molecule has 0 amide bonds. The normalized spacial score (nSPS) is 24.1. The van der Waals surface area contributed by atoms with Crippen LogP contribution in [-0.4, -0.2) is 20.9 Å². The van der Waals surface area contributed by atoms with E-state index in [1.165, 1.54) is 23.7 Å². The highest BCUT2D eigenvalue weighted by atomic mass is 19.1. The Morgan fingerprint density at radius 1 is 1.33 bits per heavy atom. The zero-order valence-electron chi connectivity index (χ0n) is 12.1. The highest BCUT2D eigenvalue weighted by Gasteiger charge is 2.40. The number of benzene rings is 1. The highest BCUT2D eigenvalue weighted by molar-refractivity contribution is 5.29. The smallest absolute Gasteiger partial charge is 0.125 e. The first kappa shape index (κ1) is 12.9. The first-order valence-electron chi connectivity index (χ1n) is 7.53. The van der Waals surface area contributed by atoms with Gasteiger partial charge in [-0.25, -0.2) is 14.4 Å². The molecule has 3 heterocycles. The minimum Gasteiger partial charge on any atom is -0.289 e. The van der Waals surface area contributed by atoms with Crippen molar-refractivity contribution in [3.8, 4) is 0 Å². The summed E-state index contributed by atoms with van der Waals surface area (Å²) in [5.74, 6) is 0.697. The van der Waals surface area contributed by atoms with Gasteiger partial charge in [0.1, 0.15) is 11.6 Å².